The summed E-state index contributed by atoms with van der Waals surface area (Å²) in [5.41, 5.74) is -6.10. The summed E-state index contributed by atoms with van der Waals surface area (Å²) in [4.78, 5) is 0. The van der Waals surface area contributed by atoms with Gasteiger partial charge in [0.15, 0.2) is 5.41 Å². The molecule has 2 nitrogen and oxygen atoms in total. The molecule has 1 rings (SSSR count). The molecule has 0 aromatic carbocycles. The van der Waals surface area contributed by atoms with Crippen LogP contribution < -0.4 is 0 Å². The van der Waals surface area contributed by atoms with Crippen molar-refractivity contribution < 1.29 is 26.3 Å². The zero-order valence-electron chi connectivity index (χ0n) is 11.7. The molecule has 0 heterocycles. The van der Waals surface area contributed by atoms with Crippen LogP contribution in [0.15, 0.2) is 11.1 Å². The zero-order chi connectivity index (χ0) is 17.3. The van der Waals surface area contributed by atoms with Gasteiger partial charge in [-0.3, -0.25) is 0 Å². The maximum absolute atomic E-state index is 13.2. The summed E-state index contributed by atoms with van der Waals surface area (Å²) in [6.07, 6.45) is -12.1. The Balaban J connectivity index is 0.00000191. The molecule has 1 aliphatic rings. The van der Waals surface area contributed by atoms with E-state index in [0.29, 0.717) is 6.92 Å². The number of hydrogen-bond acceptors (Lipinski definition) is 2. The highest BCUT2D eigenvalue weighted by molar-refractivity contribution is 5.30. The molecule has 0 saturated carbocycles. The van der Waals surface area contributed by atoms with Gasteiger partial charge in [0.1, 0.15) is 0 Å². The fraction of sp³-hybridized carbons (Fsp3) is 0.692. The first kappa shape index (κ1) is 19.3. The summed E-state index contributed by atoms with van der Waals surface area (Å²) in [6.45, 7) is 6.69. The van der Waals surface area contributed by atoms with E-state index < -0.39 is 36.0 Å². The van der Waals surface area contributed by atoms with Crippen LogP contribution in [0.5, 0.6) is 0 Å². The van der Waals surface area contributed by atoms with Crippen LogP contribution in [0.1, 0.15) is 33.6 Å². The van der Waals surface area contributed by atoms with Crippen LogP contribution in [-0.2, 0) is 0 Å². The van der Waals surface area contributed by atoms with Crippen LogP contribution in [0.3, 0.4) is 0 Å². The van der Waals surface area contributed by atoms with Gasteiger partial charge in [-0.2, -0.15) is 31.6 Å². The van der Waals surface area contributed by atoms with Crippen LogP contribution in [-0.4, -0.2) is 12.4 Å². The molecular formula is C13H14F6N2. The summed E-state index contributed by atoms with van der Waals surface area (Å²) >= 11 is 0. The standard InChI is InChI=1S/C12H13F6N.CHN/c1-7-4-9(3,11(13,14)15)10(6-19,5-8(7)2)12(16,17)18;1-2/h4-5H2,1-3H3;1H. The van der Waals surface area contributed by atoms with E-state index in [1.165, 1.54) is 13.8 Å². The van der Waals surface area contributed by atoms with Gasteiger partial charge in [-0.25, -0.2) is 5.26 Å². The molecule has 0 aromatic heterocycles. The molecule has 0 saturated heterocycles. The van der Waals surface area contributed by atoms with E-state index in [4.69, 9.17) is 10.5 Å². The lowest BCUT2D eigenvalue weighted by molar-refractivity contribution is -0.321. The molecule has 0 fully saturated rings. The van der Waals surface area contributed by atoms with E-state index in [9.17, 15) is 26.3 Å². The lowest BCUT2D eigenvalue weighted by Crippen LogP contribution is -2.58. The fourth-order valence-electron chi connectivity index (χ4n) is 2.56. The van der Waals surface area contributed by atoms with Gasteiger partial charge in [0.2, 0.25) is 0 Å². The average molecular weight is 312 g/mol. The van der Waals surface area contributed by atoms with Crippen molar-refractivity contribution in [2.45, 2.75) is 46.0 Å². The predicted molar refractivity (Wildman–Crippen MR) is 62.5 cm³/mol. The number of rotatable bonds is 0. The number of nitrogens with zero attached hydrogens (tertiary/aromatic N) is 2. The SMILES string of the molecule is C#N.CC1=C(C)CC(C#N)(C(F)(F)F)C(C)(C(F)(F)F)C1. The van der Waals surface area contributed by atoms with Crippen molar-refractivity contribution in [2.75, 3.05) is 0 Å². The largest absolute Gasteiger partial charge is 0.408 e. The smallest absolute Gasteiger partial charge is 0.202 e. The Morgan fingerprint density at radius 1 is 0.952 bits per heavy atom. The van der Waals surface area contributed by atoms with Gasteiger partial charge in [-0.15, -0.1) is 0 Å². The van der Waals surface area contributed by atoms with Gasteiger partial charge in [0.05, 0.1) is 11.5 Å². The molecule has 0 radical (unpaired) electrons. The van der Waals surface area contributed by atoms with Crippen molar-refractivity contribution in [3.05, 3.63) is 11.1 Å². The normalized spacial score (nSPS) is 30.2. The molecule has 21 heavy (non-hydrogen) atoms. The van der Waals surface area contributed by atoms with Crippen molar-refractivity contribution in [1.82, 2.24) is 0 Å². The van der Waals surface area contributed by atoms with E-state index in [1.807, 2.05) is 0 Å². The predicted octanol–water partition coefficient (Wildman–Crippen LogP) is 4.90. The minimum absolute atomic E-state index is 0.195. The van der Waals surface area contributed by atoms with Gasteiger partial charge in [-0.05, 0) is 33.6 Å². The van der Waals surface area contributed by atoms with Crippen LogP contribution in [0.4, 0.5) is 26.3 Å². The Bertz CT molecular complexity index is 494. The van der Waals surface area contributed by atoms with Crippen molar-refractivity contribution in [2.24, 2.45) is 10.8 Å². The molecular weight excluding hydrogens is 298 g/mol. The van der Waals surface area contributed by atoms with E-state index in [0.717, 1.165) is 6.07 Å². The van der Waals surface area contributed by atoms with Crippen LogP contribution >= 0.6 is 0 Å². The van der Waals surface area contributed by atoms with Gasteiger partial charge < -0.3 is 0 Å². The van der Waals surface area contributed by atoms with Crippen LogP contribution in [0.2, 0.25) is 0 Å². The summed E-state index contributed by atoms with van der Waals surface area (Å²) in [7, 11) is 0. The van der Waals surface area contributed by atoms with Crippen molar-refractivity contribution >= 4 is 0 Å². The molecule has 1 aliphatic carbocycles. The second kappa shape index (κ2) is 5.59. The first-order chi connectivity index (χ1) is 9.32. The minimum Gasteiger partial charge on any atom is -0.202 e. The van der Waals surface area contributed by atoms with E-state index in [1.54, 1.807) is 0 Å². The van der Waals surface area contributed by atoms with Gasteiger partial charge in [0.25, 0.3) is 0 Å². The number of allylic oxidation sites excluding steroid dienone is 2. The summed E-state index contributed by atoms with van der Waals surface area (Å²) in [6, 6.07) is 0.926. The third-order valence-corrected chi connectivity index (χ3v) is 4.12. The Kier molecular flexibility index (Phi) is 5.14. The molecule has 2 atom stereocenters. The first-order valence-corrected chi connectivity index (χ1v) is 5.78. The summed E-state index contributed by atoms with van der Waals surface area (Å²) < 4.78 is 79.0. The molecule has 8 heteroatoms. The number of hydrogen-bond donors (Lipinski definition) is 0. The van der Waals surface area contributed by atoms with Gasteiger partial charge in [-0.1, -0.05) is 11.1 Å². The number of halogens is 6. The molecule has 2 unspecified atom stereocenters. The van der Waals surface area contributed by atoms with E-state index in [-0.39, 0.29) is 11.1 Å². The highest BCUT2D eigenvalue weighted by atomic mass is 19.4. The second-order valence-electron chi connectivity index (χ2n) is 5.26. The third-order valence-electron chi connectivity index (χ3n) is 4.12. The van der Waals surface area contributed by atoms with Gasteiger partial charge >= 0.3 is 12.4 Å². The first-order valence-electron chi connectivity index (χ1n) is 5.78. The van der Waals surface area contributed by atoms with Crippen LogP contribution in [0.25, 0.3) is 0 Å². The summed E-state index contributed by atoms with van der Waals surface area (Å²) in [5, 5.41) is 15.4. The average Bonchev–Trinajstić information content (AvgIpc) is 2.33. The van der Waals surface area contributed by atoms with Crippen molar-refractivity contribution in [3.63, 3.8) is 0 Å². The van der Waals surface area contributed by atoms with E-state index >= 15 is 0 Å². The molecule has 0 N–H and O–H groups in total. The van der Waals surface area contributed by atoms with Crippen molar-refractivity contribution in [3.8, 4) is 12.6 Å². The summed E-state index contributed by atoms with van der Waals surface area (Å²) in [5.74, 6) is 0. The van der Waals surface area contributed by atoms with Crippen molar-refractivity contribution in [1.29, 1.82) is 10.5 Å². The molecule has 0 aromatic rings. The highest BCUT2D eigenvalue weighted by Crippen LogP contribution is 2.65. The van der Waals surface area contributed by atoms with Crippen LogP contribution in [0, 0.1) is 34.0 Å². The molecule has 118 valence electrons. The monoisotopic (exact) mass is 312 g/mol. The maximum atomic E-state index is 13.2. The Morgan fingerprint density at radius 3 is 1.62 bits per heavy atom. The lowest BCUT2D eigenvalue weighted by atomic mass is 9.55. The number of nitriles is 2. The molecule has 0 amide bonds. The fourth-order valence-corrected chi connectivity index (χ4v) is 2.56. The number of alkyl halides is 6. The van der Waals surface area contributed by atoms with E-state index in [2.05, 4.69) is 6.57 Å². The molecule has 0 bridgehead atoms. The lowest BCUT2D eigenvalue weighted by Gasteiger charge is -2.49. The quantitative estimate of drug-likeness (QED) is 0.472. The molecule has 0 aliphatic heterocycles. The zero-order valence-corrected chi connectivity index (χ0v) is 11.7. The Morgan fingerprint density at radius 2 is 1.33 bits per heavy atom. The highest BCUT2D eigenvalue weighted by Gasteiger charge is 2.75. The second-order valence-corrected chi connectivity index (χ2v) is 5.26. The third kappa shape index (κ3) is 2.72. The maximum Gasteiger partial charge on any atom is 0.408 e. The minimum atomic E-state index is -5.24. The van der Waals surface area contributed by atoms with Gasteiger partial charge in [0, 0.05) is 6.57 Å². The Hall–Kier alpha value is -1.70. The molecule has 0 spiro atoms. The Labute approximate surface area is 118 Å². The topological polar surface area (TPSA) is 47.6 Å².